The van der Waals surface area contributed by atoms with Crippen molar-refractivity contribution in [3.8, 4) is 11.1 Å². The van der Waals surface area contributed by atoms with Crippen LogP contribution in [0.15, 0.2) is 47.4 Å². The number of amides is 2. The highest BCUT2D eigenvalue weighted by Crippen LogP contribution is 2.26. The van der Waals surface area contributed by atoms with Gasteiger partial charge in [-0.25, -0.2) is 0 Å². The number of carbonyl (C=O) groups excluding carboxylic acids is 2. The number of hydrogen-bond acceptors (Lipinski definition) is 3. The number of primary amides is 1. The second-order valence-corrected chi connectivity index (χ2v) is 7.27. The molecule has 1 aliphatic rings. The zero-order valence-electron chi connectivity index (χ0n) is 14.2. The first-order valence-electron chi connectivity index (χ1n) is 8.53. The van der Waals surface area contributed by atoms with Crippen molar-refractivity contribution in [2.24, 2.45) is 5.73 Å². The Morgan fingerprint density at radius 1 is 1.16 bits per heavy atom. The Labute approximate surface area is 151 Å². The highest BCUT2D eigenvalue weighted by Gasteiger charge is 2.15. The van der Waals surface area contributed by atoms with Crippen molar-refractivity contribution in [2.75, 3.05) is 0 Å². The fourth-order valence-corrected chi connectivity index (χ4v) is 3.83. The van der Waals surface area contributed by atoms with Crippen LogP contribution in [0.3, 0.4) is 0 Å². The van der Waals surface area contributed by atoms with E-state index in [0.29, 0.717) is 10.4 Å². The van der Waals surface area contributed by atoms with Crippen LogP contribution in [-0.4, -0.2) is 17.9 Å². The third kappa shape index (κ3) is 4.17. The van der Waals surface area contributed by atoms with Crippen molar-refractivity contribution >= 4 is 23.2 Å². The van der Waals surface area contributed by atoms with E-state index in [2.05, 4.69) is 11.4 Å². The minimum Gasteiger partial charge on any atom is -0.365 e. The first-order chi connectivity index (χ1) is 12.0. The second kappa shape index (κ2) is 7.66. The second-order valence-electron chi connectivity index (χ2n) is 6.36. The fraction of sp³-hybridized carbons (Fsp3) is 0.300. The van der Waals surface area contributed by atoms with Gasteiger partial charge in [0.15, 0.2) is 0 Å². The van der Waals surface area contributed by atoms with Gasteiger partial charge < -0.3 is 11.1 Å². The molecule has 0 aliphatic heterocycles. The predicted molar refractivity (Wildman–Crippen MR) is 102 cm³/mol. The molecular formula is C20H22N2O2S. The average Bonchev–Trinajstić information content (AvgIpc) is 3.13. The maximum atomic E-state index is 12.4. The minimum absolute atomic E-state index is 0.0614. The molecule has 1 aromatic carbocycles. The summed E-state index contributed by atoms with van der Waals surface area (Å²) in [5.41, 5.74) is 9.15. The molecule has 0 saturated carbocycles. The highest BCUT2D eigenvalue weighted by atomic mass is 32.1. The zero-order valence-corrected chi connectivity index (χ0v) is 15.1. The highest BCUT2D eigenvalue weighted by molar-refractivity contribution is 7.12. The molecule has 1 aliphatic carbocycles. The molecular weight excluding hydrogens is 332 g/mol. The lowest BCUT2D eigenvalue weighted by Gasteiger charge is -2.21. The number of allylic oxidation sites excluding steroid dienone is 1. The van der Waals surface area contributed by atoms with Crippen LogP contribution in [0, 0.1) is 0 Å². The molecule has 2 amide bonds. The molecule has 0 unspecified atom stereocenters. The Kier molecular flexibility index (Phi) is 5.34. The maximum absolute atomic E-state index is 12.4. The molecule has 0 radical (unpaired) electrons. The lowest BCUT2D eigenvalue weighted by Crippen LogP contribution is -2.34. The Morgan fingerprint density at radius 2 is 1.92 bits per heavy atom. The molecule has 1 atom stereocenters. The van der Waals surface area contributed by atoms with E-state index in [-0.39, 0.29) is 11.9 Å². The van der Waals surface area contributed by atoms with Gasteiger partial charge in [0.2, 0.25) is 0 Å². The summed E-state index contributed by atoms with van der Waals surface area (Å²) in [6.07, 6.45) is 6.88. The van der Waals surface area contributed by atoms with Crippen LogP contribution >= 0.6 is 11.3 Å². The number of carbonyl (C=O) groups is 2. The molecule has 0 spiro atoms. The van der Waals surface area contributed by atoms with Gasteiger partial charge in [0, 0.05) is 11.6 Å². The molecule has 0 saturated heterocycles. The number of nitrogens with one attached hydrogen (secondary N) is 1. The van der Waals surface area contributed by atoms with E-state index in [1.165, 1.54) is 29.8 Å². The Balaban J connectivity index is 1.67. The van der Waals surface area contributed by atoms with E-state index in [0.717, 1.165) is 24.0 Å². The lowest BCUT2D eigenvalue weighted by atomic mass is 9.94. The van der Waals surface area contributed by atoms with Gasteiger partial charge in [-0.2, -0.15) is 0 Å². The topological polar surface area (TPSA) is 72.2 Å². The van der Waals surface area contributed by atoms with Gasteiger partial charge in [-0.3, -0.25) is 9.59 Å². The summed E-state index contributed by atoms with van der Waals surface area (Å²) in [7, 11) is 0. The number of nitrogens with two attached hydrogens (primary N) is 1. The largest absolute Gasteiger partial charge is 0.365 e. The van der Waals surface area contributed by atoms with Crippen molar-refractivity contribution in [2.45, 2.75) is 38.6 Å². The number of rotatable bonds is 5. The summed E-state index contributed by atoms with van der Waals surface area (Å²) in [5.74, 6) is -0.480. The van der Waals surface area contributed by atoms with Crippen molar-refractivity contribution in [1.29, 1.82) is 0 Å². The van der Waals surface area contributed by atoms with Crippen LogP contribution in [-0.2, 0) is 0 Å². The molecule has 5 heteroatoms. The average molecular weight is 354 g/mol. The molecule has 25 heavy (non-hydrogen) atoms. The monoisotopic (exact) mass is 354 g/mol. The summed E-state index contributed by atoms with van der Waals surface area (Å²) in [4.78, 5) is 24.2. The molecule has 3 rings (SSSR count). The summed E-state index contributed by atoms with van der Waals surface area (Å²) >= 11 is 1.33. The number of thiophene rings is 1. The summed E-state index contributed by atoms with van der Waals surface area (Å²) in [6.45, 7) is 2.04. The minimum atomic E-state index is -0.418. The third-order valence-electron chi connectivity index (χ3n) is 4.55. The predicted octanol–water partition coefficient (Wildman–Crippen LogP) is 4.13. The molecule has 3 N–H and O–H groups in total. The van der Waals surface area contributed by atoms with Crippen LogP contribution < -0.4 is 11.1 Å². The summed E-state index contributed by atoms with van der Waals surface area (Å²) in [5, 5.41) is 4.97. The lowest BCUT2D eigenvalue weighted by molar-refractivity contribution is 0.0943. The number of benzene rings is 1. The van der Waals surface area contributed by atoms with Crippen molar-refractivity contribution in [1.82, 2.24) is 5.32 Å². The van der Waals surface area contributed by atoms with Gasteiger partial charge in [0.1, 0.15) is 0 Å². The number of hydrogen-bond donors (Lipinski definition) is 2. The van der Waals surface area contributed by atoms with E-state index in [1.807, 2.05) is 36.6 Å². The first kappa shape index (κ1) is 17.4. The van der Waals surface area contributed by atoms with Gasteiger partial charge in [-0.05, 0) is 67.3 Å². The van der Waals surface area contributed by atoms with Crippen molar-refractivity contribution in [3.63, 3.8) is 0 Å². The van der Waals surface area contributed by atoms with Gasteiger partial charge >= 0.3 is 0 Å². The third-order valence-corrected chi connectivity index (χ3v) is 5.50. The van der Waals surface area contributed by atoms with E-state index >= 15 is 0 Å². The van der Waals surface area contributed by atoms with Crippen LogP contribution in [0.5, 0.6) is 0 Å². The summed E-state index contributed by atoms with van der Waals surface area (Å²) in [6, 6.07) is 9.27. The van der Waals surface area contributed by atoms with Crippen LogP contribution in [0.1, 0.15) is 52.6 Å². The molecule has 0 bridgehead atoms. The Hall–Kier alpha value is -2.40. The van der Waals surface area contributed by atoms with E-state index in [9.17, 15) is 9.59 Å². The molecule has 4 nitrogen and oxygen atoms in total. The van der Waals surface area contributed by atoms with Crippen molar-refractivity contribution in [3.05, 3.63) is 57.8 Å². The fourth-order valence-electron chi connectivity index (χ4n) is 3.06. The molecule has 0 fully saturated rings. The van der Waals surface area contributed by atoms with E-state index in [4.69, 9.17) is 5.73 Å². The smallest absolute Gasteiger partial charge is 0.258 e. The Morgan fingerprint density at radius 3 is 2.52 bits per heavy atom. The van der Waals surface area contributed by atoms with Crippen molar-refractivity contribution < 1.29 is 9.59 Å². The normalized spacial score (nSPS) is 15.3. The van der Waals surface area contributed by atoms with E-state index < -0.39 is 5.91 Å². The van der Waals surface area contributed by atoms with E-state index in [1.54, 1.807) is 6.07 Å². The van der Waals surface area contributed by atoms with Gasteiger partial charge in [-0.1, -0.05) is 23.8 Å². The van der Waals surface area contributed by atoms with Gasteiger partial charge in [0.25, 0.3) is 11.8 Å². The van der Waals surface area contributed by atoms with Crippen LogP contribution in [0.2, 0.25) is 0 Å². The van der Waals surface area contributed by atoms with Gasteiger partial charge in [-0.15, -0.1) is 11.3 Å². The summed E-state index contributed by atoms with van der Waals surface area (Å²) < 4.78 is 0. The molecule has 130 valence electrons. The molecule has 1 heterocycles. The zero-order chi connectivity index (χ0) is 17.8. The molecule has 1 aromatic heterocycles. The SMILES string of the molecule is C[C@@H](NC(=O)c1ccc(-c2csc(C(N)=O)c2)cc1)C1=CCCCC1. The first-order valence-corrected chi connectivity index (χ1v) is 9.41. The maximum Gasteiger partial charge on any atom is 0.258 e. The van der Waals surface area contributed by atoms with Crippen LogP contribution in [0.4, 0.5) is 0 Å². The van der Waals surface area contributed by atoms with Gasteiger partial charge in [0.05, 0.1) is 4.88 Å². The Bertz CT molecular complexity index is 805. The van der Waals surface area contributed by atoms with Crippen LogP contribution in [0.25, 0.3) is 11.1 Å². The quantitative estimate of drug-likeness (QED) is 0.792. The molecule has 2 aromatic rings. The standard InChI is InChI=1S/C20H22N2O2S/c1-13(14-5-3-2-4-6-14)22-20(24)16-9-7-15(8-10-16)17-11-18(19(21)23)25-12-17/h5,7-13H,2-4,6H2,1H3,(H2,21,23)(H,22,24)/t13-/m1/s1.